The van der Waals surface area contributed by atoms with Crippen LogP contribution >= 0.6 is 12.6 Å². The molecule has 2 aliphatic heterocycles. The van der Waals surface area contributed by atoms with E-state index in [0.717, 1.165) is 19.4 Å². The maximum Gasteiger partial charge on any atom is 0.326 e. The normalized spacial score (nSPS) is 26.6. The number of hydrogen-bond donors (Lipinski definition) is 4. The Morgan fingerprint density at radius 1 is 1.33 bits per heavy atom. The van der Waals surface area contributed by atoms with E-state index in [9.17, 15) is 14.4 Å². The first kappa shape index (κ1) is 16.1. The average molecular weight is 315 g/mol. The molecule has 0 aromatic heterocycles. The molecule has 2 aliphatic rings. The zero-order valence-electron chi connectivity index (χ0n) is 11.7. The Hall–Kier alpha value is -1.28. The summed E-state index contributed by atoms with van der Waals surface area (Å²) in [7, 11) is 0. The SMILES string of the molecule is O=C(NC(CS)C(=O)N1CCCC1C(=O)O)C1CCCN1. The number of nitrogens with one attached hydrogen (secondary N) is 2. The number of aliphatic carboxylic acids is 1. The van der Waals surface area contributed by atoms with E-state index in [-0.39, 0.29) is 23.6 Å². The monoisotopic (exact) mass is 315 g/mol. The van der Waals surface area contributed by atoms with E-state index in [1.54, 1.807) is 0 Å². The number of carboxylic acid groups (broad SMARTS) is 1. The van der Waals surface area contributed by atoms with Crippen LogP contribution < -0.4 is 10.6 Å². The van der Waals surface area contributed by atoms with Crippen molar-refractivity contribution in [2.75, 3.05) is 18.8 Å². The molecule has 0 aliphatic carbocycles. The summed E-state index contributed by atoms with van der Waals surface area (Å²) in [6, 6.07) is -1.83. The maximum absolute atomic E-state index is 12.4. The summed E-state index contributed by atoms with van der Waals surface area (Å²) in [4.78, 5) is 37.0. The Labute approximate surface area is 128 Å². The third-order valence-electron chi connectivity index (χ3n) is 3.99. The molecule has 3 unspecified atom stereocenters. The van der Waals surface area contributed by atoms with Crippen molar-refractivity contribution in [3.63, 3.8) is 0 Å². The number of carbonyl (C=O) groups excluding carboxylic acids is 2. The number of carboxylic acids is 1. The molecule has 0 spiro atoms. The van der Waals surface area contributed by atoms with Gasteiger partial charge in [-0.25, -0.2) is 4.79 Å². The molecule has 2 amide bonds. The van der Waals surface area contributed by atoms with Crippen LogP contribution in [0.4, 0.5) is 0 Å². The first-order chi connectivity index (χ1) is 10.0. The van der Waals surface area contributed by atoms with Gasteiger partial charge >= 0.3 is 5.97 Å². The molecule has 0 saturated carbocycles. The van der Waals surface area contributed by atoms with E-state index >= 15 is 0 Å². The molecule has 8 heteroatoms. The molecule has 3 atom stereocenters. The quantitative estimate of drug-likeness (QED) is 0.499. The van der Waals surface area contributed by atoms with E-state index in [0.29, 0.717) is 19.4 Å². The third kappa shape index (κ3) is 3.68. The fraction of sp³-hybridized carbons (Fsp3) is 0.769. The lowest BCUT2D eigenvalue weighted by atomic mass is 10.2. The lowest BCUT2D eigenvalue weighted by Crippen LogP contribution is -2.55. The van der Waals surface area contributed by atoms with Crippen LogP contribution in [0.15, 0.2) is 0 Å². The van der Waals surface area contributed by atoms with Crippen molar-refractivity contribution in [3.05, 3.63) is 0 Å². The molecule has 0 bridgehead atoms. The summed E-state index contributed by atoms with van der Waals surface area (Å²) < 4.78 is 0. The van der Waals surface area contributed by atoms with Crippen molar-refractivity contribution in [2.24, 2.45) is 0 Å². The lowest BCUT2D eigenvalue weighted by Gasteiger charge is -2.27. The van der Waals surface area contributed by atoms with Gasteiger partial charge in [0.1, 0.15) is 12.1 Å². The molecule has 3 N–H and O–H groups in total. The summed E-state index contributed by atoms with van der Waals surface area (Å²) in [6.45, 7) is 1.21. The van der Waals surface area contributed by atoms with Gasteiger partial charge in [0.25, 0.3) is 0 Å². The highest BCUT2D eigenvalue weighted by Gasteiger charge is 2.37. The highest BCUT2D eigenvalue weighted by Crippen LogP contribution is 2.19. The van der Waals surface area contributed by atoms with Crippen molar-refractivity contribution in [3.8, 4) is 0 Å². The maximum atomic E-state index is 12.4. The van der Waals surface area contributed by atoms with Crippen molar-refractivity contribution >= 4 is 30.4 Å². The summed E-state index contributed by atoms with van der Waals surface area (Å²) in [6.07, 6.45) is 2.81. The lowest BCUT2D eigenvalue weighted by molar-refractivity contribution is -0.149. The van der Waals surface area contributed by atoms with E-state index < -0.39 is 18.1 Å². The van der Waals surface area contributed by atoms with Gasteiger partial charge in [-0.1, -0.05) is 0 Å². The number of rotatable bonds is 5. The van der Waals surface area contributed by atoms with Crippen LogP contribution in [-0.2, 0) is 14.4 Å². The fourth-order valence-electron chi connectivity index (χ4n) is 2.85. The van der Waals surface area contributed by atoms with Gasteiger partial charge in [0, 0.05) is 12.3 Å². The molecule has 21 heavy (non-hydrogen) atoms. The molecule has 7 nitrogen and oxygen atoms in total. The second-order valence-electron chi connectivity index (χ2n) is 5.42. The molecule has 2 rings (SSSR count). The van der Waals surface area contributed by atoms with Gasteiger partial charge in [0.2, 0.25) is 11.8 Å². The Kier molecular flexibility index (Phi) is 5.46. The second-order valence-corrected chi connectivity index (χ2v) is 5.79. The Morgan fingerprint density at radius 2 is 2.10 bits per heavy atom. The third-order valence-corrected chi connectivity index (χ3v) is 4.36. The summed E-state index contributed by atoms with van der Waals surface area (Å²) >= 11 is 4.12. The van der Waals surface area contributed by atoms with Crippen molar-refractivity contribution < 1.29 is 19.5 Å². The number of amides is 2. The Morgan fingerprint density at radius 3 is 2.67 bits per heavy atom. The number of likely N-dealkylation sites (tertiary alicyclic amines) is 1. The van der Waals surface area contributed by atoms with E-state index in [4.69, 9.17) is 5.11 Å². The first-order valence-corrected chi connectivity index (χ1v) is 7.85. The Bertz CT molecular complexity index is 426. The standard InChI is InChI=1S/C13H21N3O4S/c17-11(8-3-1-5-14-8)15-9(7-21)12(18)16-6-2-4-10(16)13(19)20/h8-10,14,21H,1-7H2,(H,15,17)(H,19,20). The number of thiol groups is 1. The van der Waals surface area contributed by atoms with Gasteiger partial charge in [-0.05, 0) is 32.2 Å². The number of carbonyl (C=O) groups is 3. The molecule has 2 saturated heterocycles. The van der Waals surface area contributed by atoms with E-state index in [1.807, 2.05) is 0 Å². The van der Waals surface area contributed by atoms with Crippen LogP contribution in [0.1, 0.15) is 25.7 Å². The van der Waals surface area contributed by atoms with Crippen LogP contribution in [0.25, 0.3) is 0 Å². The zero-order chi connectivity index (χ0) is 15.4. The fourth-order valence-corrected chi connectivity index (χ4v) is 3.10. The minimum atomic E-state index is -0.998. The predicted molar refractivity (Wildman–Crippen MR) is 79.2 cm³/mol. The van der Waals surface area contributed by atoms with Crippen LogP contribution in [0.3, 0.4) is 0 Å². The summed E-state index contributed by atoms with van der Waals surface area (Å²) in [5, 5.41) is 14.9. The number of hydrogen-bond acceptors (Lipinski definition) is 5. The Balaban J connectivity index is 1.97. The summed E-state index contributed by atoms with van der Waals surface area (Å²) in [5.41, 5.74) is 0. The van der Waals surface area contributed by atoms with Gasteiger partial charge in [-0.2, -0.15) is 12.6 Å². The summed E-state index contributed by atoms with van der Waals surface area (Å²) in [5.74, 6) is -1.42. The molecule has 0 radical (unpaired) electrons. The zero-order valence-corrected chi connectivity index (χ0v) is 12.6. The van der Waals surface area contributed by atoms with Gasteiger partial charge in [0.05, 0.1) is 6.04 Å². The van der Waals surface area contributed by atoms with Crippen molar-refractivity contribution in [1.82, 2.24) is 15.5 Å². The van der Waals surface area contributed by atoms with Crippen molar-refractivity contribution in [2.45, 2.75) is 43.8 Å². The van der Waals surface area contributed by atoms with Crippen molar-refractivity contribution in [1.29, 1.82) is 0 Å². The van der Waals surface area contributed by atoms with E-state index in [2.05, 4.69) is 23.3 Å². The number of nitrogens with zero attached hydrogens (tertiary/aromatic N) is 1. The minimum Gasteiger partial charge on any atom is -0.480 e. The molecule has 2 heterocycles. The highest BCUT2D eigenvalue weighted by atomic mass is 32.1. The molecule has 0 aromatic rings. The van der Waals surface area contributed by atoms with Gasteiger partial charge in [-0.3, -0.25) is 9.59 Å². The average Bonchev–Trinajstić information content (AvgIpc) is 3.13. The molecule has 118 valence electrons. The minimum absolute atomic E-state index is 0.153. The topological polar surface area (TPSA) is 98.7 Å². The first-order valence-electron chi connectivity index (χ1n) is 7.22. The molecule has 0 aromatic carbocycles. The largest absolute Gasteiger partial charge is 0.480 e. The predicted octanol–water partition coefficient (Wildman–Crippen LogP) is -0.771. The van der Waals surface area contributed by atoms with E-state index in [1.165, 1.54) is 4.90 Å². The smallest absolute Gasteiger partial charge is 0.326 e. The van der Waals surface area contributed by atoms with Crippen LogP contribution in [0, 0.1) is 0 Å². The van der Waals surface area contributed by atoms with Gasteiger partial charge < -0.3 is 20.6 Å². The van der Waals surface area contributed by atoms with Crippen LogP contribution in [0.2, 0.25) is 0 Å². The van der Waals surface area contributed by atoms with Crippen LogP contribution in [-0.4, -0.2) is 64.8 Å². The molecular formula is C13H21N3O4S. The molecular weight excluding hydrogens is 294 g/mol. The highest BCUT2D eigenvalue weighted by molar-refractivity contribution is 7.80. The second kappa shape index (κ2) is 7.13. The van der Waals surface area contributed by atoms with Gasteiger partial charge in [-0.15, -0.1) is 0 Å². The molecule has 2 fully saturated rings. The van der Waals surface area contributed by atoms with Gasteiger partial charge in [0.15, 0.2) is 0 Å². The van der Waals surface area contributed by atoms with Crippen LogP contribution in [0.5, 0.6) is 0 Å².